The van der Waals surface area contributed by atoms with Crippen LogP contribution in [-0.2, 0) is 9.59 Å². The topological polar surface area (TPSA) is 78.5 Å². The van der Waals surface area contributed by atoms with Gasteiger partial charge in [0, 0.05) is 0 Å². The van der Waals surface area contributed by atoms with Gasteiger partial charge in [0.25, 0.3) is 5.91 Å². The normalized spacial score (nSPS) is 18.8. The summed E-state index contributed by atoms with van der Waals surface area (Å²) < 4.78 is 0. The Hall–Kier alpha value is -2.03. The van der Waals surface area contributed by atoms with Gasteiger partial charge in [0.1, 0.15) is 12.6 Å². The molecule has 1 heterocycles. The number of amides is 4. The highest BCUT2D eigenvalue weighted by molar-refractivity contribution is 6.06. The fraction of sp³-hybridized carbons (Fsp3) is 0.545. The van der Waals surface area contributed by atoms with Crippen molar-refractivity contribution in [3.05, 3.63) is 0 Å². The maximum Gasteiger partial charge on any atom is 0.325 e. The molecule has 0 spiro atoms. The van der Waals surface area contributed by atoms with Crippen molar-refractivity contribution in [1.29, 1.82) is 0 Å². The standard InChI is InChI=1S/C11H15N3O3/c1-3-5-8-10(16)14(11(17)13-8)7-9(15)12-6-4-2/h2,8H,3,5-7H2,1H3,(H,12,15)(H,13,17). The van der Waals surface area contributed by atoms with Crippen LogP contribution in [0.2, 0.25) is 0 Å². The first-order valence-corrected chi connectivity index (χ1v) is 5.42. The second-order valence-corrected chi connectivity index (χ2v) is 3.70. The zero-order valence-electron chi connectivity index (χ0n) is 9.66. The molecule has 1 unspecified atom stereocenters. The van der Waals surface area contributed by atoms with E-state index in [9.17, 15) is 14.4 Å². The summed E-state index contributed by atoms with van der Waals surface area (Å²) in [6.45, 7) is 1.72. The van der Waals surface area contributed by atoms with Crippen molar-refractivity contribution >= 4 is 17.8 Å². The van der Waals surface area contributed by atoms with Crippen molar-refractivity contribution in [3.63, 3.8) is 0 Å². The zero-order chi connectivity index (χ0) is 12.8. The molecule has 17 heavy (non-hydrogen) atoms. The van der Waals surface area contributed by atoms with Gasteiger partial charge < -0.3 is 10.6 Å². The second kappa shape index (κ2) is 5.89. The Morgan fingerprint density at radius 2 is 2.29 bits per heavy atom. The molecule has 4 amide bonds. The lowest BCUT2D eigenvalue weighted by atomic mass is 10.2. The maximum atomic E-state index is 11.7. The SMILES string of the molecule is C#CCNC(=O)CN1C(=O)NC(CCC)C1=O. The highest BCUT2D eigenvalue weighted by Gasteiger charge is 2.38. The molecule has 0 radical (unpaired) electrons. The predicted octanol–water partition coefficient (Wildman–Crippen LogP) is -0.544. The number of nitrogens with zero attached hydrogens (tertiary/aromatic N) is 1. The average molecular weight is 237 g/mol. The Bertz CT molecular complexity index is 373. The minimum absolute atomic E-state index is 0.0842. The zero-order valence-corrected chi connectivity index (χ0v) is 9.66. The summed E-state index contributed by atoms with van der Waals surface area (Å²) in [7, 11) is 0. The number of imide groups is 1. The third-order valence-electron chi connectivity index (χ3n) is 2.37. The van der Waals surface area contributed by atoms with Crippen molar-refractivity contribution in [1.82, 2.24) is 15.5 Å². The molecule has 0 aromatic rings. The van der Waals surface area contributed by atoms with Crippen molar-refractivity contribution in [2.75, 3.05) is 13.1 Å². The molecule has 1 aliphatic rings. The van der Waals surface area contributed by atoms with E-state index in [2.05, 4.69) is 16.6 Å². The molecular formula is C11H15N3O3. The average Bonchev–Trinajstić information content (AvgIpc) is 2.55. The number of rotatable bonds is 5. The number of hydrogen-bond acceptors (Lipinski definition) is 3. The van der Waals surface area contributed by atoms with Gasteiger partial charge in [0.05, 0.1) is 6.54 Å². The molecule has 92 valence electrons. The minimum Gasteiger partial charge on any atom is -0.344 e. The molecule has 0 aromatic heterocycles. The van der Waals surface area contributed by atoms with Crippen LogP contribution in [0.1, 0.15) is 19.8 Å². The van der Waals surface area contributed by atoms with Gasteiger partial charge in [-0.25, -0.2) is 4.79 Å². The van der Waals surface area contributed by atoms with Gasteiger partial charge in [-0.1, -0.05) is 19.3 Å². The Morgan fingerprint density at radius 3 is 2.88 bits per heavy atom. The summed E-state index contributed by atoms with van der Waals surface area (Å²) in [6, 6.07) is -1.03. The Labute approximate surface area is 99.7 Å². The number of urea groups is 1. The van der Waals surface area contributed by atoms with E-state index in [-0.39, 0.29) is 19.0 Å². The van der Waals surface area contributed by atoms with Crippen molar-refractivity contribution in [2.45, 2.75) is 25.8 Å². The summed E-state index contributed by atoms with van der Waals surface area (Å²) in [4.78, 5) is 35.4. The van der Waals surface area contributed by atoms with Crippen LogP contribution in [0.15, 0.2) is 0 Å². The van der Waals surface area contributed by atoms with Gasteiger partial charge in [-0.2, -0.15) is 0 Å². The van der Waals surface area contributed by atoms with E-state index in [1.807, 2.05) is 6.92 Å². The fourth-order valence-corrected chi connectivity index (χ4v) is 1.56. The second-order valence-electron chi connectivity index (χ2n) is 3.70. The highest BCUT2D eigenvalue weighted by atomic mass is 16.2. The van der Waals surface area contributed by atoms with E-state index in [0.29, 0.717) is 6.42 Å². The van der Waals surface area contributed by atoms with E-state index < -0.39 is 18.0 Å². The van der Waals surface area contributed by atoms with Crippen LogP contribution >= 0.6 is 0 Å². The summed E-state index contributed by atoms with van der Waals surface area (Å²) >= 11 is 0. The molecule has 6 heteroatoms. The predicted molar refractivity (Wildman–Crippen MR) is 60.8 cm³/mol. The number of terminal acetylenes is 1. The summed E-state index contributed by atoms with van der Waals surface area (Å²) in [5.74, 6) is 1.44. The lowest BCUT2D eigenvalue weighted by molar-refractivity contribution is -0.132. The fourth-order valence-electron chi connectivity index (χ4n) is 1.56. The number of carbonyl (C=O) groups is 3. The first kappa shape index (κ1) is 13.0. The van der Waals surface area contributed by atoms with E-state index in [0.717, 1.165) is 11.3 Å². The summed E-state index contributed by atoms with van der Waals surface area (Å²) in [6.07, 6.45) is 6.34. The summed E-state index contributed by atoms with van der Waals surface area (Å²) in [5.41, 5.74) is 0. The molecule has 1 saturated heterocycles. The van der Waals surface area contributed by atoms with Gasteiger partial charge in [0.15, 0.2) is 0 Å². The number of nitrogens with one attached hydrogen (secondary N) is 2. The van der Waals surface area contributed by atoms with Gasteiger partial charge in [0.2, 0.25) is 5.91 Å². The molecular weight excluding hydrogens is 222 g/mol. The van der Waals surface area contributed by atoms with Crippen LogP contribution < -0.4 is 10.6 Å². The molecule has 0 bridgehead atoms. The summed E-state index contributed by atoms with van der Waals surface area (Å²) in [5, 5.41) is 4.93. The third kappa shape index (κ3) is 3.21. The van der Waals surface area contributed by atoms with Crippen LogP contribution in [0.25, 0.3) is 0 Å². The maximum absolute atomic E-state index is 11.7. The molecule has 0 aliphatic carbocycles. The smallest absolute Gasteiger partial charge is 0.325 e. The first-order valence-electron chi connectivity index (χ1n) is 5.42. The third-order valence-corrected chi connectivity index (χ3v) is 2.37. The van der Waals surface area contributed by atoms with Gasteiger partial charge >= 0.3 is 6.03 Å². The molecule has 1 rings (SSSR count). The molecule has 1 fully saturated rings. The molecule has 6 nitrogen and oxygen atoms in total. The number of hydrogen-bond donors (Lipinski definition) is 2. The van der Waals surface area contributed by atoms with E-state index in [1.165, 1.54) is 0 Å². The van der Waals surface area contributed by atoms with Crippen LogP contribution in [0.5, 0.6) is 0 Å². The molecule has 2 N–H and O–H groups in total. The first-order chi connectivity index (χ1) is 8.10. The van der Waals surface area contributed by atoms with Crippen LogP contribution in [-0.4, -0.2) is 41.9 Å². The lowest BCUT2D eigenvalue weighted by Gasteiger charge is -2.11. The van der Waals surface area contributed by atoms with Crippen LogP contribution in [0, 0.1) is 12.3 Å². The quantitative estimate of drug-likeness (QED) is 0.498. The molecule has 0 saturated carbocycles. The van der Waals surface area contributed by atoms with E-state index in [4.69, 9.17) is 6.42 Å². The van der Waals surface area contributed by atoms with Crippen molar-refractivity contribution in [2.24, 2.45) is 0 Å². The van der Waals surface area contributed by atoms with Crippen molar-refractivity contribution in [3.8, 4) is 12.3 Å². The van der Waals surface area contributed by atoms with Gasteiger partial charge in [-0.15, -0.1) is 6.42 Å². The molecule has 1 atom stereocenters. The van der Waals surface area contributed by atoms with Gasteiger partial charge in [-0.05, 0) is 6.42 Å². The molecule has 1 aliphatic heterocycles. The monoisotopic (exact) mass is 237 g/mol. The van der Waals surface area contributed by atoms with Crippen molar-refractivity contribution < 1.29 is 14.4 Å². The van der Waals surface area contributed by atoms with E-state index in [1.54, 1.807) is 0 Å². The molecule has 0 aromatic carbocycles. The Kier molecular flexibility index (Phi) is 4.52. The van der Waals surface area contributed by atoms with E-state index >= 15 is 0 Å². The number of carbonyl (C=O) groups excluding carboxylic acids is 3. The minimum atomic E-state index is -0.524. The Balaban J connectivity index is 2.54. The largest absolute Gasteiger partial charge is 0.344 e. The Morgan fingerprint density at radius 1 is 1.59 bits per heavy atom. The van der Waals surface area contributed by atoms with Crippen LogP contribution in [0.3, 0.4) is 0 Å². The van der Waals surface area contributed by atoms with Crippen LogP contribution in [0.4, 0.5) is 4.79 Å². The lowest BCUT2D eigenvalue weighted by Crippen LogP contribution is -2.41. The highest BCUT2D eigenvalue weighted by Crippen LogP contribution is 2.10. The van der Waals surface area contributed by atoms with Gasteiger partial charge in [-0.3, -0.25) is 14.5 Å².